The number of nitriles is 1. The molecule has 2 unspecified atom stereocenters. The second-order valence-corrected chi connectivity index (χ2v) is 10.0. The van der Waals surface area contributed by atoms with Crippen LogP contribution in [0.3, 0.4) is 0 Å². The molecule has 2 aromatic rings. The fourth-order valence-electron chi connectivity index (χ4n) is 4.96. The minimum absolute atomic E-state index is 0.0440. The van der Waals surface area contributed by atoms with E-state index in [1.807, 2.05) is 51.9 Å². The lowest BCUT2D eigenvalue weighted by molar-refractivity contribution is -0.107. The normalized spacial score (nSPS) is 22.0. The van der Waals surface area contributed by atoms with Gasteiger partial charge in [-0.1, -0.05) is 13.8 Å². The van der Waals surface area contributed by atoms with Gasteiger partial charge in [0.1, 0.15) is 6.29 Å². The number of hydrogen-bond acceptors (Lipinski definition) is 7. The van der Waals surface area contributed by atoms with Crippen LogP contribution in [0.5, 0.6) is 0 Å². The Labute approximate surface area is 210 Å². The highest BCUT2D eigenvalue weighted by Crippen LogP contribution is 2.46. The zero-order chi connectivity index (χ0) is 26.0. The van der Waals surface area contributed by atoms with Crippen molar-refractivity contribution in [3.8, 4) is 6.07 Å². The third-order valence-electron chi connectivity index (χ3n) is 6.67. The number of rotatable bonds is 5. The van der Waals surface area contributed by atoms with Crippen molar-refractivity contribution in [2.45, 2.75) is 72.3 Å². The molecular weight excluding hydrogens is 438 g/mol. The molecule has 35 heavy (non-hydrogen) atoms. The maximum Gasteiger partial charge on any atom is 0.227 e. The average Bonchev–Trinajstić information content (AvgIpc) is 3.31. The number of aromatic nitrogens is 2. The van der Waals surface area contributed by atoms with Crippen LogP contribution >= 0.6 is 0 Å². The van der Waals surface area contributed by atoms with Crippen LogP contribution in [0.15, 0.2) is 24.4 Å². The minimum Gasteiger partial charge on any atom is -0.393 e. The minimum atomic E-state index is 0.0440. The fraction of sp³-hybridized carbons (Fsp3) is 0.571. The Balaban J connectivity index is 0.000000237. The van der Waals surface area contributed by atoms with Crippen molar-refractivity contribution < 1.29 is 9.90 Å². The Morgan fingerprint density at radius 2 is 1.86 bits per heavy atom. The summed E-state index contributed by atoms with van der Waals surface area (Å²) in [7, 11) is 3.92. The lowest BCUT2D eigenvalue weighted by Crippen LogP contribution is -2.12. The monoisotopic (exact) mass is 479 g/mol. The number of unbranched alkanes of at least 4 members (excludes halogenated alkanes) is 1. The van der Waals surface area contributed by atoms with E-state index in [4.69, 9.17) is 5.26 Å². The number of anilines is 3. The number of hydrogen-bond donors (Lipinski definition) is 2. The zero-order valence-electron chi connectivity index (χ0n) is 22.1. The van der Waals surface area contributed by atoms with Crippen LogP contribution in [0.4, 0.5) is 17.3 Å². The average molecular weight is 480 g/mol. The molecule has 190 valence electrons. The van der Waals surface area contributed by atoms with E-state index in [0.29, 0.717) is 17.9 Å². The van der Waals surface area contributed by atoms with E-state index in [1.165, 1.54) is 12.8 Å². The maximum atomic E-state index is 9.40. The molecule has 7 heteroatoms. The van der Waals surface area contributed by atoms with Gasteiger partial charge in [-0.2, -0.15) is 5.26 Å². The topological polar surface area (TPSA) is 102 Å². The van der Waals surface area contributed by atoms with Gasteiger partial charge in [0.2, 0.25) is 5.95 Å². The Morgan fingerprint density at radius 3 is 2.31 bits per heavy atom. The molecule has 2 atom stereocenters. The van der Waals surface area contributed by atoms with Crippen LogP contribution in [0.2, 0.25) is 0 Å². The maximum absolute atomic E-state index is 9.40. The standard InChI is InChI=1S/C15H17N5.C9H16O.C4H8O/c1-10-7-12(8-16)5-6-13(10)19-15-17-9-14(20(3)4)11(2)18-15;1-6-2-7-4-9(10)5-8(7)3-6;1-2-3-4-5/h5-7,9H,1-4H3,(H,17,18,19);6-10H,2-5H2,1H3;4H,2-3H2,1H3. The van der Waals surface area contributed by atoms with Crippen molar-refractivity contribution in [3.63, 3.8) is 0 Å². The van der Waals surface area contributed by atoms with Crippen molar-refractivity contribution in [3.05, 3.63) is 41.2 Å². The van der Waals surface area contributed by atoms with Gasteiger partial charge in [0.15, 0.2) is 0 Å². The number of carbonyl (C=O) groups is 1. The molecule has 4 rings (SSSR count). The number of fused-ring (bicyclic) bond motifs is 1. The summed E-state index contributed by atoms with van der Waals surface area (Å²) in [5.74, 6) is 3.25. The van der Waals surface area contributed by atoms with Crippen molar-refractivity contribution in [1.82, 2.24) is 9.97 Å². The molecule has 2 fully saturated rings. The predicted molar refractivity (Wildman–Crippen MR) is 142 cm³/mol. The van der Waals surface area contributed by atoms with E-state index < -0.39 is 0 Å². The summed E-state index contributed by atoms with van der Waals surface area (Å²) >= 11 is 0. The summed E-state index contributed by atoms with van der Waals surface area (Å²) in [6.07, 6.45) is 9.39. The van der Waals surface area contributed by atoms with Crippen LogP contribution in [0.25, 0.3) is 0 Å². The Hall–Kier alpha value is -2.98. The number of carbonyl (C=O) groups excluding carboxylic acids is 1. The van der Waals surface area contributed by atoms with E-state index in [0.717, 1.165) is 65.9 Å². The molecular formula is C28H41N5O2. The first-order valence-electron chi connectivity index (χ1n) is 12.6. The molecule has 0 spiro atoms. The third kappa shape index (κ3) is 8.63. The van der Waals surface area contributed by atoms with Gasteiger partial charge in [0, 0.05) is 26.2 Å². The fourth-order valence-corrected chi connectivity index (χ4v) is 4.96. The molecule has 7 nitrogen and oxygen atoms in total. The van der Waals surface area contributed by atoms with Crippen LogP contribution < -0.4 is 10.2 Å². The number of aliphatic hydroxyl groups is 1. The number of aryl methyl sites for hydroxylation is 2. The molecule has 1 aromatic carbocycles. The Bertz CT molecular complexity index is 973. The van der Waals surface area contributed by atoms with Crippen molar-refractivity contribution >= 4 is 23.6 Å². The quantitative estimate of drug-likeness (QED) is 0.541. The van der Waals surface area contributed by atoms with Gasteiger partial charge in [-0.05, 0) is 87.5 Å². The summed E-state index contributed by atoms with van der Waals surface area (Å²) in [6.45, 7) is 8.22. The summed E-state index contributed by atoms with van der Waals surface area (Å²) in [6, 6.07) is 7.60. The molecule has 1 aromatic heterocycles. The van der Waals surface area contributed by atoms with Gasteiger partial charge in [-0.25, -0.2) is 9.97 Å². The van der Waals surface area contributed by atoms with Gasteiger partial charge in [-0.15, -0.1) is 0 Å². The SMILES string of the molecule is CC1CC2CC(O)CC2C1.CCCC=O.Cc1cc(C#N)ccc1Nc1ncc(N(C)C)c(C)n1. The zero-order valence-corrected chi connectivity index (χ0v) is 22.1. The second kappa shape index (κ2) is 13.8. The van der Waals surface area contributed by atoms with Crippen LogP contribution in [0.1, 0.15) is 69.2 Å². The molecule has 0 bridgehead atoms. The van der Waals surface area contributed by atoms with Crippen LogP contribution in [0, 0.1) is 42.9 Å². The molecule has 0 radical (unpaired) electrons. The highest BCUT2D eigenvalue weighted by atomic mass is 16.3. The smallest absolute Gasteiger partial charge is 0.227 e. The summed E-state index contributed by atoms with van der Waals surface area (Å²) in [5.41, 5.74) is 4.45. The molecule has 2 N–H and O–H groups in total. The first kappa shape index (κ1) is 28.3. The predicted octanol–water partition coefficient (Wildman–Crippen LogP) is 5.56. The molecule has 2 aliphatic carbocycles. The van der Waals surface area contributed by atoms with Crippen molar-refractivity contribution in [2.24, 2.45) is 17.8 Å². The molecule has 0 amide bonds. The highest BCUT2D eigenvalue weighted by molar-refractivity contribution is 5.61. The van der Waals surface area contributed by atoms with Crippen molar-refractivity contribution in [2.75, 3.05) is 24.3 Å². The van der Waals surface area contributed by atoms with Gasteiger partial charge in [0.25, 0.3) is 0 Å². The van der Waals surface area contributed by atoms with Gasteiger partial charge >= 0.3 is 0 Å². The molecule has 0 aliphatic heterocycles. The number of aldehydes is 1. The number of benzene rings is 1. The first-order chi connectivity index (χ1) is 16.7. The van der Waals surface area contributed by atoms with Gasteiger partial charge in [-0.3, -0.25) is 0 Å². The molecule has 2 aliphatic rings. The lowest BCUT2D eigenvalue weighted by atomic mass is 10.0. The summed E-state index contributed by atoms with van der Waals surface area (Å²) < 4.78 is 0. The van der Waals surface area contributed by atoms with E-state index in [2.05, 4.69) is 28.3 Å². The van der Waals surface area contributed by atoms with E-state index in [9.17, 15) is 9.90 Å². The second-order valence-electron chi connectivity index (χ2n) is 10.0. The van der Waals surface area contributed by atoms with Crippen LogP contribution in [-0.4, -0.2) is 41.6 Å². The summed E-state index contributed by atoms with van der Waals surface area (Å²) in [5, 5.41) is 21.4. The van der Waals surface area contributed by atoms with Gasteiger partial charge < -0.3 is 20.1 Å². The van der Waals surface area contributed by atoms with Crippen LogP contribution in [-0.2, 0) is 4.79 Å². The Kier molecular flexibility index (Phi) is 11.1. The molecule has 0 saturated heterocycles. The van der Waals surface area contributed by atoms with E-state index in [-0.39, 0.29) is 6.10 Å². The van der Waals surface area contributed by atoms with E-state index in [1.54, 1.807) is 12.3 Å². The number of aliphatic hydroxyl groups excluding tert-OH is 1. The third-order valence-corrected chi connectivity index (χ3v) is 6.67. The molecule has 2 saturated carbocycles. The Morgan fingerprint density at radius 1 is 1.20 bits per heavy atom. The van der Waals surface area contributed by atoms with Crippen molar-refractivity contribution in [1.29, 1.82) is 5.26 Å². The summed E-state index contributed by atoms with van der Waals surface area (Å²) in [4.78, 5) is 20.1. The molecule has 1 heterocycles. The number of nitrogens with zero attached hydrogens (tertiary/aromatic N) is 4. The van der Waals surface area contributed by atoms with Gasteiger partial charge in [0.05, 0.1) is 35.3 Å². The first-order valence-corrected chi connectivity index (χ1v) is 12.6. The largest absolute Gasteiger partial charge is 0.393 e. The number of nitrogens with one attached hydrogen (secondary N) is 1. The van der Waals surface area contributed by atoms with E-state index >= 15 is 0 Å². The highest BCUT2D eigenvalue weighted by Gasteiger charge is 2.39. The lowest BCUT2D eigenvalue weighted by Gasteiger charge is -2.15.